The lowest BCUT2D eigenvalue weighted by atomic mass is 9.99. The van der Waals surface area contributed by atoms with Gasteiger partial charge in [-0.1, -0.05) is 11.6 Å². The van der Waals surface area contributed by atoms with Gasteiger partial charge in [-0.15, -0.1) is 0 Å². The maximum absolute atomic E-state index is 12.0. The van der Waals surface area contributed by atoms with E-state index in [9.17, 15) is 4.79 Å². The van der Waals surface area contributed by atoms with Gasteiger partial charge in [-0.25, -0.2) is 4.98 Å². The molecule has 1 amide bonds. The molecular weight excluding hydrogens is 307 g/mol. The summed E-state index contributed by atoms with van der Waals surface area (Å²) in [5.74, 6) is -0.0195. The molecule has 0 spiro atoms. The summed E-state index contributed by atoms with van der Waals surface area (Å²) >= 11 is 9.20. The number of hydrogen-bond donors (Lipinski definition) is 1. The zero-order chi connectivity index (χ0) is 12.3. The van der Waals surface area contributed by atoms with E-state index in [1.807, 2.05) is 0 Å². The van der Waals surface area contributed by atoms with Crippen LogP contribution in [0.4, 0.5) is 5.69 Å². The molecule has 2 rings (SSSR count). The summed E-state index contributed by atoms with van der Waals surface area (Å²) in [5, 5.41) is 3.10. The third kappa shape index (κ3) is 3.40. The highest BCUT2D eigenvalue weighted by Crippen LogP contribution is 2.24. The summed E-state index contributed by atoms with van der Waals surface area (Å²) in [4.78, 5) is 15.9. The summed E-state index contributed by atoms with van der Waals surface area (Å²) in [6.45, 7) is 1.28. The average Bonchev–Trinajstić information content (AvgIpc) is 2.35. The Morgan fingerprint density at radius 3 is 2.94 bits per heavy atom. The second-order valence-electron chi connectivity index (χ2n) is 3.87. The minimum Gasteiger partial charge on any atom is -0.381 e. The number of nitrogens with one attached hydrogen (secondary N) is 1. The van der Waals surface area contributed by atoms with Gasteiger partial charge in [0, 0.05) is 29.8 Å². The van der Waals surface area contributed by atoms with Gasteiger partial charge in [-0.2, -0.15) is 0 Å². The summed E-state index contributed by atoms with van der Waals surface area (Å²) < 4.78 is 6.00. The van der Waals surface area contributed by atoms with Crippen LogP contribution in [0.15, 0.2) is 16.7 Å². The molecule has 0 saturated carbocycles. The van der Waals surface area contributed by atoms with Crippen molar-refractivity contribution >= 4 is 39.1 Å². The Hall–Kier alpha value is -0.650. The van der Waals surface area contributed by atoms with E-state index in [-0.39, 0.29) is 11.8 Å². The number of rotatable bonds is 2. The molecule has 0 aliphatic carbocycles. The SMILES string of the molecule is O=C(Nc1cc(Br)cnc1Cl)C1CCOCC1. The van der Waals surface area contributed by atoms with Crippen molar-refractivity contribution in [1.82, 2.24) is 4.98 Å². The molecule has 2 heterocycles. The van der Waals surface area contributed by atoms with Crippen LogP contribution in [0, 0.1) is 5.92 Å². The third-order valence-corrected chi connectivity index (χ3v) is 3.39. The van der Waals surface area contributed by atoms with Crippen molar-refractivity contribution in [1.29, 1.82) is 0 Å². The molecule has 1 aromatic rings. The second-order valence-corrected chi connectivity index (χ2v) is 5.14. The van der Waals surface area contributed by atoms with Gasteiger partial charge in [0.25, 0.3) is 0 Å². The number of anilines is 1. The molecule has 1 aliphatic rings. The van der Waals surface area contributed by atoms with Crippen LogP contribution < -0.4 is 5.32 Å². The first kappa shape index (κ1) is 12.8. The average molecular weight is 320 g/mol. The van der Waals surface area contributed by atoms with Crippen LogP contribution in [0.5, 0.6) is 0 Å². The molecule has 92 valence electrons. The van der Waals surface area contributed by atoms with Crippen LogP contribution in [-0.2, 0) is 9.53 Å². The van der Waals surface area contributed by atoms with Crippen molar-refractivity contribution in [2.75, 3.05) is 18.5 Å². The number of amides is 1. The Kier molecular flexibility index (Phi) is 4.36. The van der Waals surface area contributed by atoms with Gasteiger partial charge in [0.1, 0.15) is 0 Å². The van der Waals surface area contributed by atoms with Crippen LogP contribution in [0.2, 0.25) is 5.15 Å². The number of halogens is 2. The van der Waals surface area contributed by atoms with Crippen LogP contribution >= 0.6 is 27.5 Å². The minimum atomic E-state index is -0.0184. The van der Waals surface area contributed by atoms with E-state index in [1.165, 1.54) is 0 Å². The minimum absolute atomic E-state index is 0.00111. The lowest BCUT2D eigenvalue weighted by Gasteiger charge is -2.21. The number of aromatic nitrogens is 1. The van der Waals surface area contributed by atoms with Crippen molar-refractivity contribution in [3.63, 3.8) is 0 Å². The highest BCUT2D eigenvalue weighted by molar-refractivity contribution is 9.10. The smallest absolute Gasteiger partial charge is 0.227 e. The summed E-state index contributed by atoms with van der Waals surface area (Å²) in [6.07, 6.45) is 3.10. The standard InChI is InChI=1S/C11H12BrClN2O2/c12-8-5-9(10(13)14-6-8)15-11(16)7-1-3-17-4-2-7/h5-7H,1-4H2,(H,15,16). The van der Waals surface area contributed by atoms with Crippen molar-refractivity contribution in [2.45, 2.75) is 12.8 Å². The van der Waals surface area contributed by atoms with Crippen LogP contribution in [0.1, 0.15) is 12.8 Å². The normalized spacial score (nSPS) is 16.8. The van der Waals surface area contributed by atoms with E-state index >= 15 is 0 Å². The van der Waals surface area contributed by atoms with E-state index in [4.69, 9.17) is 16.3 Å². The number of carbonyl (C=O) groups is 1. The fourth-order valence-corrected chi connectivity index (χ4v) is 2.19. The van der Waals surface area contributed by atoms with Crippen molar-refractivity contribution in [2.24, 2.45) is 5.92 Å². The van der Waals surface area contributed by atoms with Crippen LogP contribution in [-0.4, -0.2) is 24.1 Å². The Bertz CT molecular complexity index is 422. The Morgan fingerprint density at radius 2 is 2.24 bits per heavy atom. The predicted octanol–water partition coefficient (Wildman–Crippen LogP) is 2.86. The molecule has 0 radical (unpaired) electrons. The topological polar surface area (TPSA) is 51.2 Å². The predicted molar refractivity (Wildman–Crippen MR) is 69.1 cm³/mol. The zero-order valence-corrected chi connectivity index (χ0v) is 11.4. The van der Waals surface area contributed by atoms with Crippen molar-refractivity contribution in [3.8, 4) is 0 Å². The maximum atomic E-state index is 12.0. The number of hydrogen-bond acceptors (Lipinski definition) is 3. The number of carbonyl (C=O) groups excluding carboxylic acids is 1. The quantitative estimate of drug-likeness (QED) is 0.853. The number of ether oxygens (including phenoxy) is 1. The van der Waals surface area contributed by atoms with Crippen LogP contribution in [0.3, 0.4) is 0 Å². The second kappa shape index (κ2) is 5.80. The molecule has 0 aromatic carbocycles. The van der Waals surface area contributed by atoms with Gasteiger partial charge in [0.15, 0.2) is 5.15 Å². The maximum Gasteiger partial charge on any atom is 0.227 e. The molecule has 1 aliphatic heterocycles. The molecule has 0 unspecified atom stereocenters. The lowest BCUT2D eigenvalue weighted by Crippen LogP contribution is -2.28. The summed E-state index contributed by atoms with van der Waals surface area (Å²) in [7, 11) is 0. The highest BCUT2D eigenvalue weighted by atomic mass is 79.9. The van der Waals surface area contributed by atoms with Crippen LogP contribution in [0.25, 0.3) is 0 Å². The van der Waals surface area contributed by atoms with E-state index in [1.54, 1.807) is 12.3 Å². The van der Waals surface area contributed by atoms with Gasteiger partial charge >= 0.3 is 0 Å². The Morgan fingerprint density at radius 1 is 1.53 bits per heavy atom. The van der Waals surface area contributed by atoms with E-state index in [2.05, 4.69) is 26.2 Å². The molecule has 0 bridgehead atoms. The molecule has 1 aromatic heterocycles. The Balaban J connectivity index is 2.04. The fourth-order valence-electron chi connectivity index (χ4n) is 1.70. The van der Waals surface area contributed by atoms with Crippen molar-refractivity contribution < 1.29 is 9.53 Å². The largest absolute Gasteiger partial charge is 0.381 e. The van der Waals surface area contributed by atoms with Gasteiger partial charge in [-0.3, -0.25) is 4.79 Å². The molecule has 17 heavy (non-hydrogen) atoms. The summed E-state index contributed by atoms with van der Waals surface area (Å²) in [5.41, 5.74) is 0.539. The van der Waals surface area contributed by atoms with Gasteiger partial charge in [0.05, 0.1) is 5.69 Å². The first-order chi connectivity index (χ1) is 8.16. The van der Waals surface area contributed by atoms with E-state index in [0.29, 0.717) is 24.1 Å². The lowest BCUT2D eigenvalue weighted by molar-refractivity contribution is -0.122. The van der Waals surface area contributed by atoms with E-state index < -0.39 is 0 Å². The molecular formula is C11H12BrClN2O2. The summed E-state index contributed by atoms with van der Waals surface area (Å²) in [6, 6.07) is 1.74. The van der Waals surface area contributed by atoms with E-state index in [0.717, 1.165) is 17.3 Å². The molecule has 1 fully saturated rings. The third-order valence-electron chi connectivity index (χ3n) is 2.66. The fraction of sp³-hybridized carbons (Fsp3) is 0.455. The van der Waals surface area contributed by atoms with Gasteiger partial charge in [0.2, 0.25) is 5.91 Å². The van der Waals surface area contributed by atoms with Gasteiger partial charge < -0.3 is 10.1 Å². The molecule has 6 heteroatoms. The number of pyridine rings is 1. The number of nitrogens with zero attached hydrogens (tertiary/aromatic N) is 1. The molecule has 1 saturated heterocycles. The zero-order valence-electron chi connectivity index (χ0n) is 9.08. The molecule has 1 N–H and O–H groups in total. The van der Waals surface area contributed by atoms with Crippen molar-refractivity contribution in [3.05, 3.63) is 21.9 Å². The highest BCUT2D eigenvalue weighted by Gasteiger charge is 2.22. The van der Waals surface area contributed by atoms with Gasteiger partial charge in [-0.05, 0) is 34.8 Å². The Labute approximate surface area is 113 Å². The monoisotopic (exact) mass is 318 g/mol. The molecule has 4 nitrogen and oxygen atoms in total. The first-order valence-corrected chi connectivity index (χ1v) is 6.53. The molecule has 0 atom stereocenters. The first-order valence-electron chi connectivity index (χ1n) is 5.36.